The molecule has 0 fully saturated rings. The van der Waals surface area contributed by atoms with Gasteiger partial charge in [0.2, 0.25) is 0 Å². The molecule has 0 aromatic heterocycles. The molecule has 1 N–H and O–H groups in total. The van der Waals surface area contributed by atoms with Crippen molar-refractivity contribution in [3.8, 4) is 5.75 Å². The molecule has 2 nitrogen and oxygen atoms in total. The Morgan fingerprint density at radius 1 is 1.53 bits per heavy atom. The molecule has 4 heteroatoms. The van der Waals surface area contributed by atoms with Crippen LogP contribution in [0.25, 0.3) is 0 Å². The third kappa shape index (κ3) is 3.39. The molecule has 0 aliphatic carbocycles. The summed E-state index contributed by atoms with van der Waals surface area (Å²) in [5.41, 5.74) is 0.520. The lowest BCUT2D eigenvalue weighted by molar-refractivity contribution is 0.170. The largest absolute Gasteiger partial charge is 0.496 e. The highest BCUT2D eigenvalue weighted by atomic mass is 32.2. The van der Waals surface area contributed by atoms with Crippen LogP contribution in [0.4, 0.5) is 4.39 Å². The van der Waals surface area contributed by atoms with Gasteiger partial charge in [-0.1, -0.05) is 0 Å². The van der Waals surface area contributed by atoms with Crippen LogP contribution in [0.15, 0.2) is 18.2 Å². The first-order valence-corrected chi connectivity index (χ1v) is 6.09. The minimum atomic E-state index is -0.664. The number of methoxy groups -OCH3 is 1. The number of aliphatic hydroxyl groups is 1. The Hall–Kier alpha value is -0.740. The molecule has 0 saturated carbocycles. The SMILES string of the molecule is COc1ccc(F)cc1C(O)CCSC. The fourth-order valence-corrected chi connectivity index (χ4v) is 1.81. The van der Waals surface area contributed by atoms with Gasteiger partial charge in [0.15, 0.2) is 0 Å². The average molecular weight is 230 g/mol. The number of thioether (sulfide) groups is 1. The molecule has 0 amide bonds. The zero-order chi connectivity index (χ0) is 11.3. The van der Waals surface area contributed by atoms with Gasteiger partial charge in [-0.05, 0) is 36.6 Å². The van der Waals surface area contributed by atoms with Crippen molar-refractivity contribution in [2.75, 3.05) is 19.1 Å². The van der Waals surface area contributed by atoms with E-state index in [1.807, 2.05) is 6.26 Å². The molecule has 0 aliphatic rings. The summed E-state index contributed by atoms with van der Waals surface area (Å²) in [5, 5.41) is 9.83. The minimum Gasteiger partial charge on any atom is -0.496 e. The van der Waals surface area contributed by atoms with Gasteiger partial charge in [-0.2, -0.15) is 11.8 Å². The van der Waals surface area contributed by atoms with E-state index >= 15 is 0 Å². The fraction of sp³-hybridized carbons (Fsp3) is 0.455. The van der Waals surface area contributed by atoms with Gasteiger partial charge in [0, 0.05) is 5.56 Å². The van der Waals surface area contributed by atoms with Gasteiger partial charge in [0.1, 0.15) is 11.6 Å². The summed E-state index contributed by atoms with van der Waals surface area (Å²) in [6.45, 7) is 0. The minimum absolute atomic E-state index is 0.353. The summed E-state index contributed by atoms with van der Waals surface area (Å²) in [7, 11) is 1.51. The average Bonchev–Trinajstić information content (AvgIpc) is 2.25. The van der Waals surface area contributed by atoms with Gasteiger partial charge in [-0.15, -0.1) is 0 Å². The smallest absolute Gasteiger partial charge is 0.124 e. The Kier molecular flexibility index (Phi) is 4.91. The Bertz CT molecular complexity index is 317. The van der Waals surface area contributed by atoms with E-state index in [0.29, 0.717) is 17.7 Å². The topological polar surface area (TPSA) is 29.5 Å². The normalized spacial score (nSPS) is 12.5. The van der Waals surface area contributed by atoms with Crippen LogP contribution in [0.5, 0.6) is 5.75 Å². The first-order chi connectivity index (χ1) is 7.19. The Balaban J connectivity index is 2.85. The zero-order valence-corrected chi connectivity index (χ0v) is 9.68. The highest BCUT2D eigenvalue weighted by Crippen LogP contribution is 2.28. The third-order valence-corrected chi connectivity index (χ3v) is 2.79. The first kappa shape index (κ1) is 12.3. The second-order valence-electron chi connectivity index (χ2n) is 3.18. The van der Waals surface area contributed by atoms with Gasteiger partial charge in [0.05, 0.1) is 13.2 Å². The van der Waals surface area contributed by atoms with Gasteiger partial charge in [0.25, 0.3) is 0 Å². The Morgan fingerprint density at radius 2 is 2.27 bits per heavy atom. The lowest BCUT2D eigenvalue weighted by atomic mass is 10.1. The van der Waals surface area contributed by atoms with E-state index in [4.69, 9.17) is 4.74 Å². The summed E-state index contributed by atoms with van der Waals surface area (Å²) < 4.78 is 18.1. The molecule has 15 heavy (non-hydrogen) atoms. The van der Waals surface area contributed by atoms with E-state index in [0.717, 1.165) is 5.75 Å². The van der Waals surface area contributed by atoms with E-state index in [9.17, 15) is 9.50 Å². The van der Waals surface area contributed by atoms with E-state index in [1.165, 1.54) is 25.3 Å². The summed E-state index contributed by atoms with van der Waals surface area (Å²) in [6, 6.07) is 4.18. The zero-order valence-electron chi connectivity index (χ0n) is 8.87. The maximum absolute atomic E-state index is 13.0. The maximum atomic E-state index is 13.0. The van der Waals surface area contributed by atoms with Gasteiger partial charge in [-0.3, -0.25) is 0 Å². The highest BCUT2D eigenvalue weighted by Gasteiger charge is 2.13. The van der Waals surface area contributed by atoms with Crippen LogP contribution < -0.4 is 4.74 Å². The lowest BCUT2D eigenvalue weighted by Gasteiger charge is -2.14. The van der Waals surface area contributed by atoms with E-state index in [1.54, 1.807) is 11.8 Å². The van der Waals surface area contributed by atoms with Crippen LogP contribution >= 0.6 is 11.8 Å². The van der Waals surface area contributed by atoms with Crippen LogP contribution in [0, 0.1) is 5.82 Å². The molecule has 1 aromatic carbocycles. The molecule has 84 valence electrons. The molecule has 0 bridgehead atoms. The number of aliphatic hydroxyl groups excluding tert-OH is 1. The van der Waals surface area contributed by atoms with Crippen LogP contribution in [0.1, 0.15) is 18.1 Å². The predicted octanol–water partition coefficient (Wildman–Crippen LogP) is 2.62. The summed E-state index contributed by atoms with van der Waals surface area (Å²) in [4.78, 5) is 0. The Labute approximate surface area is 93.5 Å². The highest BCUT2D eigenvalue weighted by molar-refractivity contribution is 7.98. The maximum Gasteiger partial charge on any atom is 0.124 e. The summed E-state index contributed by atoms with van der Waals surface area (Å²) in [6.07, 6.45) is 1.90. The van der Waals surface area contributed by atoms with Crippen molar-refractivity contribution in [2.45, 2.75) is 12.5 Å². The van der Waals surface area contributed by atoms with Crippen molar-refractivity contribution in [2.24, 2.45) is 0 Å². The fourth-order valence-electron chi connectivity index (χ4n) is 1.35. The van der Waals surface area contributed by atoms with Crippen LogP contribution in [0.2, 0.25) is 0 Å². The van der Waals surface area contributed by atoms with Crippen molar-refractivity contribution >= 4 is 11.8 Å². The number of benzene rings is 1. The van der Waals surface area contributed by atoms with E-state index in [-0.39, 0.29) is 5.82 Å². The molecule has 0 heterocycles. The van der Waals surface area contributed by atoms with Crippen molar-refractivity contribution in [1.29, 1.82) is 0 Å². The number of halogens is 1. The van der Waals surface area contributed by atoms with Gasteiger partial charge < -0.3 is 9.84 Å². The van der Waals surface area contributed by atoms with Crippen molar-refractivity contribution in [3.63, 3.8) is 0 Å². The first-order valence-electron chi connectivity index (χ1n) is 4.69. The predicted molar refractivity (Wildman–Crippen MR) is 60.9 cm³/mol. The summed E-state index contributed by atoms with van der Waals surface area (Å²) in [5.74, 6) is 1.01. The van der Waals surface area contributed by atoms with Crippen LogP contribution in [0.3, 0.4) is 0 Å². The van der Waals surface area contributed by atoms with Gasteiger partial charge >= 0.3 is 0 Å². The summed E-state index contributed by atoms with van der Waals surface area (Å²) >= 11 is 1.65. The molecule has 1 atom stereocenters. The lowest BCUT2D eigenvalue weighted by Crippen LogP contribution is -2.02. The molecule has 0 radical (unpaired) electrons. The molecule has 1 unspecified atom stereocenters. The van der Waals surface area contributed by atoms with Crippen LogP contribution in [-0.2, 0) is 0 Å². The van der Waals surface area contributed by atoms with E-state index in [2.05, 4.69) is 0 Å². The second kappa shape index (κ2) is 5.98. The van der Waals surface area contributed by atoms with Crippen molar-refractivity contribution in [1.82, 2.24) is 0 Å². The number of hydrogen-bond donors (Lipinski definition) is 1. The third-order valence-electron chi connectivity index (χ3n) is 2.15. The van der Waals surface area contributed by atoms with Crippen molar-refractivity contribution in [3.05, 3.63) is 29.6 Å². The molecule has 0 spiro atoms. The van der Waals surface area contributed by atoms with Crippen LogP contribution in [-0.4, -0.2) is 24.2 Å². The molecule has 1 aromatic rings. The van der Waals surface area contributed by atoms with E-state index < -0.39 is 6.10 Å². The monoisotopic (exact) mass is 230 g/mol. The molecular formula is C11H15FO2S. The quantitative estimate of drug-likeness (QED) is 0.843. The molecule has 1 rings (SSSR count). The molecule has 0 saturated heterocycles. The molecule has 0 aliphatic heterocycles. The number of hydrogen-bond acceptors (Lipinski definition) is 3. The number of rotatable bonds is 5. The standard InChI is InChI=1S/C11H15FO2S/c1-14-11-4-3-8(12)7-9(11)10(13)5-6-15-2/h3-4,7,10,13H,5-6H2,1-2H3. The number of ether oxygens (including phenoxy) is 1. The molecular weight excluding hydrogens is 215 g/mol. The van der Waals surface area contributed by atoms with Crippen molar-refractivity contribution < 1.29 is 14.2 Å². The van der Waals surface area contributed by atoms with Gasteiger partial charge in [-0.25, -0.2) is 4.39 Å². The second-order valence-corrected chi connectivity index (χ2v) is 4.17. The Morgan fingerprint density at radius 3 is 2.87 bits per heavy atom.